The van der Waals surface area contributed by atoms with E-state index in [0.717, 1.165) is 0 Å². The predicted molar refractivity (Wildman–Crippen MR) is 53.3 cm³/mol. The van der Waals surface area contributed by atoms with Gasteiger partial charge in [0.25, 0.3) is 0 Å². The Labute approximate surface area is 213 Å². The number of hydrogen-bond acceptors (Lipinski definition) is 2. The van der Waals surface area contributed by atoms with Gasteiger partial charge >= 0.3 is 126 Å². The molecule has 178 valence electrons. The zero-order valence-corrected chi connectivity index (χ0v) is 20.2. The molecule has 0 spiro atoms. The summed E-state index contributed by atoms with van der Waals surface area (Å²) in [7, 11) is -7.89. The molecule has 0 radical (unpaired) electrons. The van der Waals surface area contributed by atoms with Crippen LogP contribution in [0.3, 0.4) is 0 Å². The van der Waals surface area contributed by atoms with Crippen molar-refractivity contribution in [1.82, 2.24) is 0 Å². The molecule has 0 bridgehead atoms. The normalized spacial score (nSPS) is 16.3. The molecule has 0 aromatic carbocycles. The quantitative estimate of drug-likeness (QED) is 0.345. The van der Waals surface area contributed by atoms with Gasteiger partial charge in [-0.15, -0.1) is 0 Å². The Morgan fingerprint density at radius 1 is 0.467 bits per heavy atom. The maximum absolute atomic E-state index is 13.0. The molecule has 0 aliphatic rings. The van der Waals surface area contributed by atoms with Crippen molar-refractivity contribution in [2.45, 2.75) is 47.0 Å². The maximum Gasteiger partial charge on any atom is 1.00 e. The van der Waals surface area contributed by atoms with Gasteiger partial charge in [0.15, 0.2) is 0 Å². The standard InChI is InChI=1S/C8HF17O3S.Cs.H/c9-1(10,3(13,14)5(17,18)7(21,22)23)2(11,12)4(15,16)6(19,20)8(24,25)29(26,27)28;;/h(H,26,27,28);;/q;+1;-1. The third-order valence-electron chi connectivity index (χ3n) is 3.02. The monoisotopic (exact) mass is 634 g/mol. The van der Waals surface area contributed by atoms with Crippen molar-refractivity contribution >= 4 is 10.1 Å². The Bertz CT molecular complexity index is 745. The first kappa shape index (κ1) is 32.9. The van der Waals surface area contributed by atoms with Gasteiger partial charge in [-0.2, -0.15) is 83.1 Å². The second-order valence-corrected chi connectivity index (χ2v) is 6.40. The van der Waals surface area contributed by atoms with Crippen molar-refractivity contribution in [3.05, 3.63) is 0 Å². The van der Waals surface area contributed by atoms with Gasteiger partial charge < -0.3 is 1.43 Å². The third kappa shape index (κ3) is 4.19. The molecule has 0 amide bonds. The van der Waals surface area contributed by atoms with Crippen LogP contribution in [-0.2, 0) is 10.1 Å². The molecule has 0 aromatic heterocycles. The van der Waals surface area contributed by atoms with Gasteiger partial charge in [-0.25, -0.2) is 0 Å². The summed E-state index contributed by atoms with van der Waals surface area (Å²) in [5.41, 5.74) is 0. The number of halogens is 17. The molecule has 0 saturated heterocycles. The molecular formula is C8H2CsF17O3S. The van der Waals surface area contributed by atoms with E-state index in [1.807, 2.05) is 0 Å². The summed E-state index contributed by atoms with van der Waals surface area (Å²) in [6.45, 7) is 0. The fraction of sp³-hybridized carbons (Fsp3) is 1.00. The summed E-state index contributed by atoms with van der Waals surface area (Å²) in [5.74, 6) is -52.0. The van der Waals surface area contributed by atoms with Crippen LogP contribution in [0.25, 0.3) is 0 Å². The van der Waals surface area contributed by atoms with Gasteiger partial charge in [0, 0.05) is 0 Å². The smallest absolute Gasteiger partial charge is 1.00 e. The van der Waals surface area contributed by atoms with Crippen LogP contribution in [0.1, 0.15) is 1.43 Å². The first-order chi connectivity index (χ1) is 12.0. The van der Waals surface area contributed by atoms with Crippen LogP contribution in [0.4, 0.5) is 74.6 Å². The first-order valence-corrected chi connectivity index (χ1v) is 7.12. The van der Waals surface area contributed by atoms with E-state index in [4.69, 9.17) is 4.55 Å². The average molecular weight is 634 g/mol. The van der Waals surface area contributed by atoms with Crippen LogP contribution in [0.5, 0.6) is 0 Å². The van der Waals surface area contributed by atoms with Gasteiger partial charge in [-0.05, 0) is 0 Å². The minimum atomic E-state index is -8.89. The van der Waals surface area contributed by atoms with E-state index in [2.05, 4.69) is 0 Å². The Hall–Kier alpha value is 0.772. The molecule has 0 fully saturated rings. The van der Waals surface area contributed by atoms with Gasteiger partial charge in [0.1, 0.15) is 0 Å². The van der Waals surface area contributed by atoms with Crippen molar-refractivity contribution in [3.63, 3.8) is 0 Å². The van der Waals surface area contributed by atoms with Gasteiger partial charge in [0.05, 0.1) is 0 Å². The number of hydrogen-bond donors (Lipinski definition) is 1. The predicted octanol–water partition coefficient (Wildman–Crippen LogP) is 1.96. The Morgan fingerprint density at radius 2 is 0.667 bits per heavy atom. The SMILES string of the molecule is O=S(=O)(O)C(F)(F)C(F)(F)C(F)(F)C(F)(F)C(F)(F)C(F)(F)C(F)(F)C(F)(F)F.[Cs+].[H-]. The molecule has 30 heavy (non-hydrogen) atoms. The van der Waals surface area contributed by atoms with E-state index >= 15 is 0 Å². The average Bonchev–Trinajstić information content (AvgIpc) is 2.43. The molecular weight excluding hydrogens is 632 g/mol. The molecule has 0 atom stereocenters. The Balaban J connectivity index is -0.00000392. The summed E-state index contributed by atoms with van der Waals surface area (Å²) >= 11 is 0. The topological polar surface area (TPSA) is 54.4 Å². The van der Waals surface area contributed by atoms with E-state index in [0.29, 0.717) is 0 Å². The molecule has 0 aliphatic carbocycles. The zero-order valence-electron chi connectivity index (χ0n) is 14.1. The largest absolute Gasteiger partial charge is 1.00 e. The van der Waals surface area contributed by atoms with Gasteiger partial charge in [0.2, 0.25) is 0 Å². The number of rotatable bonds is 7. The first-order valence-electron chi connectivity index (χ1n) is 5.68. The van der Waals surface area contributed by atoms with Crippen molar-refractivity contribution in [2.24, 2.45) is 0 Å². The summed E-state index contributed by atoms with van der Waals surface area (Å²) in [5, 5.41) is -7.84. The van der Waals surface area contributed by atoms with Crippen LogP contribution in [-0.4, -0.2) is 59.9 Å². The van der Waals surface area contributed by atoms with Crippen molar-refractivity contribution in [2.75, 3.05) is 0 Å². The van der Waals surface area contributed by atoms with E-state index in [1.165, 1.54) is 0 Å². The summed E-state index contributed by atoms with van der Waals surface area (Å²) < 4.78 is 242. The van der Waals surface area contributed by atoms with E-state index < -0.39 is 57.1 Å². The molecule has 22 heteroatoms. The zero-order chi connectivity index (χ0) is 24.5. The number of alkyl halides is 17. The fourth-order valence-electron chi connectivity index (χ4n) is 1.31. The van der Waals surface area contributed by atoms with Crippen molar-refractivity contribution < 1.29 is 158 Å². The molecule has 0 unspecified atom stereocenters. The van der Waals surface area contributed by atoms with Crippen LogP contribution in [0.15, 0.2) is 0 Å². The van der Waals surface area contributed by atoms with E-state index in [1.54, 1.807) is 0 Å². The molecule has 0 heterocycles. The summed E-state index contributed by atoms with van der Waals surface area (Å²) in [6.07, 6.45) is -7.88. The second kappa shape index (κ2) is 8.22. The molecule has 0 aliphatic heterocycles. The molecule has 0 rings (SSSR count). The molecule has 0 saturated carbocycles. The molecule has 3 nitrogen and oxygen atoms in total. The fourth-order valence-corrected chi connectivity index (χ4v) is 1.76. The molecule has 0 aromatic rings. The van der Waals surface area contributed by atoms with Gasteiger partial charge in [-0.3, -0.25) is 4.55 Å². The minimum absolute atomic E-state index is 0. The van der Waals surface area contributed by atoms with E-state index in [-0.39, 0.29) is 70.3 Å². The van der Waals surface area contributed by atoms with Gasteiger partial charge in [-0.1, -0.05) is 0 Å². The molecule has 1 N–H and O–H groups in total. The Kier molecular flexibility index (Phi) is 9.02. The van der Waals surface area contributed by atoms with Crippen molar-refractivity contribution in [1.29, 1.82) is 0 Å². The van der Waals surface area contributed by atoms with Crippen LogP contribution < -0.4 is 68.9 Å². The van der Waals surface area contributed by atoms with Crippen LogP contribution in [0, 0.1) is 0 Å². The van der Waals surface area contributed by atoms with Crippen LogP contribution in [0.2, 0.25) is 0 Å². The summed E-state index contributed by atoms with van der Waals surface area (Å²) in [6, 6.07) is 0. The maximum atomic E-state index is 13.0. The Morgan fingerprint density at radius 3 is 0.867 bits per heavy atom. The minimum Gasteiger partial charge on any atom is -1.00 e. The second-order valence-electron chi connectivity index (χ2n) is 4.94. The van der Waals surface area contributed by atoms with Crippen LogP contribution >= 0.6 is 0 Å². The summed E-state index contributed by atoms with van der Waals surface area (Å²) in [4.78, 5) is 0. The van der Waals surface area contributed by atoms with E-state index in [9.17, 15) is 83.1 Å². The third-order valence-corrected chi connectivity index (χ3v) is 3.92. The van der Waals surface area contributed by atoms with Crippen molar-refractivity contribution in [3.8, 4) is 0 Å².